The first kappa shape index (κ1) is 21.2. The summed E-state index contributed by atoms with van der Waals surface area (Å²) < 4.78 is 33.8. The van der Waals surface area contributed by atoms with Crippen LogP contribution in [0.25, 0.3) is 0 Å². The van der Waals surface area contributed by atoms with Gasteiger partial charge in [-0.25, -0.2) is 4.79 Å². The predicted molar refractivity (Wildman–Crippen MR) is 110 cm³/mol. The maximum atomic E-state index is 12.8. The molecule has 0 unspecified atom stereocenters. The SMILES string of the molecule is CC(C)c1cc(S(=O)(=O)Nc2cccc3c2CN(C(=O)OC(C)(C)C)CC3)[nH]n1. The van der Waals surface area contributed by atoms with Crippen LogP contribution in [0.4, 0.5) is 10.5 Å². The lowest BCUT2D eigenvalue weighted by molar-refractivity contribution is 0.0224. The Balaban J connectivity index is 1.84. The molecule has 0 saturated heterocycles. The number of hydrogen-bond acceptors (Lipinski definition) is 5. The van der Waals surface area contributed by atoms with E-state index < -0.39 is 21.7 Å². The standard InChI is InChI=1S/C20H28N4O4S/c1-13(2)17-11-18(22-21-17)29(26,27)23-16-8-6-7-14-9-10-24(12-15(14)16)19(25)28-20(3,4)5/h6-8,11,13,23H,9-10,12H2,1-5H3,(H,21,22). The number of hydrogen-bond donors (Lipinski definition) is 2. The normalized spacial score (nSPS) is 14.6. The zero-order chi connectivity index (χ0) is 21.4. The number of ether oxygens (including phenoxy) is 1. The van der Waals surface area contributed by atoms with Crippen LogP contribution in [0.5, 0.6) is 0 Å². The van der Waals surface area contributed by atoms with Gasteiger partial charge < -0.3 is 9.64 Å². The Bertz CT molecular complexity index is 1010. The Morgan fingerprint density at radius 1 is 1.31 bits per heavy atom. The molecule has 0 spiro atoms. The van der Waals surface area contributed by atoms with Gasteiger partial charge in [0.05, 0.1) is 17.9 Å². The first-order chi connectivity index (χ1) is 13.5. The van der Waals surface area contributed by atoms with Crippen LogP contribution in [-0.2, 0) is 27.7 Å². The molecule has 29 heavy (non-hydrogen) atoms. The number of fused-ring (bicyclic) bond motifs is 1. The minimum absolute atomic E-state index is 0.0126. The maximum Gasteiger partial charge on any atom is 0.410 e. The van der Waals surface area contributed by atoms with E-state index in [1.54, 1.807) is 11.0 Å². The highest BCUT2D eigenvalue weighted by atomic mass is 32.2. The minimum atomic E-state index is -3.83. The molecule has 158 valence electrons. The smallest absolute Gasteiger partial charge is 0.410 e. The summed E-state index contributed by atoms with van der Waals surface area (Å²) >= 11 is 0. The second-order valence-electron chi connectivity index (χ2n) is 8.51. The zero-order valence-corrected chi connectivity index (χ0v) is 18.3. The number of aromatic nitrogens is 2. The van der Waals surface area contributed by atoms with Crippen molar-refractivity contribution in [3.8, 4) is 0 Å². The van der Waals surface area contributed by atoms with Crippen molar-refractivity contribution in [1.82, 2.24) is 15.1 Å². The van der Waals surface area contributed by atoms with Crippen LogP contribution < -0.4 is 4.72 Å². The number of carbonyl (C=O) groups excluding carboxylic acids is 1. The highest BCUT2D eigenvalue weighted by Gasteiger charge is 2.28. The van der Waals surface area contributed by atoms with Gasteiger partial charge in [-0.05, 0) is 50.3 Å². The van der Waals surface area contributed by atoms with Gasteiger partial charge in [0.2, 0.25) is 0 Å². The molecule has 8 nitrogen and oxygen atoms in total. The molecule has 0 atom stereocenters. The van der Waals surface area contributed by atoms with E-state index in [-0.39, 0.29) is 17.5 Å². The Hall–Kier alpha value is -2.55. The molecule has 0 aliphatic carbocycles. The van der Waals surface area contributed by atoms with Crippen LogP contribution in [0.2, 0.25) is 0 Å². The Morgan fingerprint density at radius 3 is 2.66 bits per heavy atom. The summed E-state index contributed by atoms with van der Waals surface area (Å²) in [6.07, 6.45) is 0.224. The molecule has 1 amide bonds. The molecule has 0 saturated carbocycles. The number of amides is 1. The number of H-pyrrole nitrogens is 1. The third-order valence-electron chi connectivity index (χ3n) is 4.62. The topological polar surface area (TPSA) is 104 Å². The monoisotopic (exact) mass is 420 g/mol. The lowest BCUT2D eigenvalue weighted by atomic mass is 9.98. The average molecular weight is 421 g/mol. The second-order valence-corrected chi connectivity index (χ2v) is 10.2. The van der Waals surface area contributed by atoms with Gasteiger partial charge in [-0.1, -0.05) is 26.0 Å². The van der Waals surface area contributed by atoms with Gasteiger partial charge in [0, 0.05) is 12.6 Å². The molecule has 0 fully saturated rings. The van der Waals surface area contributed by atoms with Crippen LogP contribution in [0, 0.1) is 0 Å². The predicted octanol–water partition coefficient (Wildman–Crippen LogP) is 3.63. The Labute approximate surface area is 171 Å². The number of nitrogens with one attached hydrogen (secondary N) is 2. The minimum Gasteiger partial charge on any atom is -0.444 e. The van der Waals surface area contributed by atoms with Crippen molar-refractivity contribution in [3.05, 3.63) is 41.1 Å². The Kier molecular flexibility index (Phi) is 5.62. The molecule has 2 N–H and O–H groups in total. The molecule has 2 heterocycles. The third-order valence-corrected chi connectivity index (χ3v) is 5.90. The summed E-state index contributed by atoms with van der Waals surface area (Å²) in [5, 5.41) is 6.67. The highest BCUT2D eigenvalue weighted by Crippen LogP contribution is 2.29. The summed E-state index contributed by atoms with van der Waals surface area (Å²) in [5.74, 6) is 0.113. The average Bonchev–Trinajstić information content (AvgIpc) is 3.11. The number of nitrogens with zero attached hydrogens (tertiary/aromatic N) is 2. The summed E-state index contributed by atoms with van der Waals surface area (Å²) in [7, 11) is -3.83. The van der Waals surface area contributed by atoms with Crippen LogP contribution in [0.3, 0.4) is 0 Å². The fraction of sp³-hybridized carbons (Fsp3) is 0.500. The molecular formula is C20H28N4O4S. The first-order valence-electron chi connectivity index (χ1n) is 9.63. The quantitative estimate of drug-likeness (QED) is 0.786. The highest BCUT2D eigenvalue weighted by molar-refractivity contribution is 7.92. The van der Waals surface area contributed by atoms with E-state index in [1.807, 2.05) is 46.8 Å². The van der Waals surface area contributed by atoms with Crippen molar-refractivity contribution in [1.29, 1.82) is 0 Å². The molecule has 1 aromatic carbocycles. The van der Waals surface area contributed by atoms with Crippen molar-refractivity contribution in [3.63, 3.8) is 0 Å². The second kappa shape index (κ2) is 7.70. The van der Waals surface area contributed by atoms with Gasteiger partial charge in [-0.2, -0.15) is 13.5 Å². The van der Waals surface area contributed by atoms with E-state index in [4.69, 9.17) is 4.74 Å². The van der Waals surface area contributed by atoms with Crippen LogP contribution in [0.1, 0.15) is 57.4 Å². The van der Waals surface area contributed by atoms with E-state index in [0.29, 0.717) is 24.3 Å². The van der Waals surface area contributed by atoms with E-state index in [0.717, 1.165) is 11.1 Å². The van der Waals surface area contributed by atoms with E-state index >= 15 is 0 Å². The maximum absolute atomic E-state index is 12.8. The molecule has 0 radical (unpaired) electrons. The van der Waals surface area contributed by atoms with Crippen LogP contribution in [0.15, 0.2) is 29.3 Å². The van der Waals surface area contributed by atoms with Gasteiger partial charge in [-0.15, -0.1) is 0 Å². The van der Waals surface area contributed by atoms with Gasteiger partial charge in [-0.3, -0.25) is 9.82 Å². The molecule has 1 aliphatic rings. The fourth-order valence-electron chi connectivity index (χ4n) is 3.11. The molecule has 9 heteroatoms. The van der Waals surface area contributed by atoms with Gasteiger partial charge in [0.15, 0.2) is 5.03 Å². The van der Waals surface area contributed by atoms with Gasteiger partial charge in [0.25, 0.3) is 10.0 Å². The lowest BCUT2D eigenvalue weighted by Gasteiger charge is -2.32. The molecule has 0 bridgehead atoms. The number of carbonyl (C=O) groups is 1. The first-order valence-corrected chi connectivity index (χ1v) is 11.1. The van der Waals surface area contributed by atoms with Gasteiger partial charge in [0.1, 0.15) is 5.60 Å². The van der Waals surface area contributed by atoms with Crippen molar-refractivity contribution >= 4 is 21.8 Å². The molecular weight excluding hydrogens is 392 g/mol. The van der Waals surface area contributed by atoms with Crippen molar-refractivity contribution in [2.45, 2.75) is 64.1 Å². The number of anilines is 1. The molecule has 2 aromatic rings. The van der Waals surface area contributed by atoms with E-state index in [2.05, 4.69) is 14.9 Å². The third kappa shape index (κ3) is 4.90. The van der Waals surface area contributed by atoms with Crippen LogP contribution >= 0.6 is 0 Å². The molecule has 3 rings (SSSR count). The summed E-state index contributed by atoms with van der Waals surface area (Å²) in [5.41, 5.74) is 2.33. The van der Waals surface area contributed by atoms with Crippen LogP contribution in [-0.4, -0.2) is 41.8 Å². The number of benzene rings is 1. The lowest BCUT2D eigenvalue weighted by Crippen LogP contribution is -2.40. The molecule has 1 aliphatic heterocycles. The van der Waals surface area contributed by atoms with Crippen molar-refractivity contribution in [2.75, 3.05) is 11.3 Å². The van der Waals surface area contributed by atoms with Crippen molar-refractivity contribution < 1.29 is 17.9 Å². The van der Waals surface area contributed by atoms with E-state index in [1.165, 1.54) is 6.07 Å². The largest absolute Gasteiger partial charge is 0.444 e. The summed E-state index contributed by atoms with van der Waals surface area (Å²) in [6.45, 7) is 10.1. The van der Waals surface area contributed by atoms with Gasteiger partial charge >= 0.3 is 6.09 Å². The van der Waals surface area contributed by atoms with E-state index in [9.17, 15) is 13.2 Å². The number of aromatic amines is 1. The molecule has 1 aromatic heterocycles. The number of rotatable bonds is 4. The Morgan fingerprint density at radius 2 is 2.03 bits per heavy atom. The fourth-order valence-corrected chi connectivity index (χ4v) is 4.14. The number of sulfonamides is 1. The zero-order valence-electron chi connectivity index (χ0n) is 17.4. The van der Waals surface area contributed by atoms with Crippen molar-refractivity contribution in [2.24, 2.45) is 0 Å². The summed E-state index contributed by atoms with van der Waals surface area (Å²) in [4.78, 5) is 14.1. The summed E-state index contributed by atoms with van der Waals surface area (Å²) in [6, 6.07) is 7.00.